The Labute approximate surface area is 214 Å². The number of hydrogen-bond donors (Lipinski definition) is 0. The summed E-state index contributed by atoms with van der Waals surface area (Å²) in [6, 6.07) is 9.85. The molecule has 0 amide bonds. The Bertz CT molecular complexity index is 1320. The van der Waals surface area contributed by atoms with Crippen molar-refractivity contribution in [3.63, 3.8) is 0 Å². The molecule has 0 saturated carbocycles. The second kappa shape index (κ2) is 10.4. The zero-order valence-electron chi connectivity index (χ0n) is 19.6. The van der Waals surface area contributed by atoms with Gasteiger partial charge in [0.25, 0.3) is 0 Å². The van der Waals surface area contributed by atoms with Crippen molar-refractivity contribution in [2.24, 2.45) is 5.92 Å². The number of hydrogen-bond acceptors (Lipinski definition) is 5. The van der Waals surface area contributed by atoms with E-state index in [9.17, 15) is 12.8 Å². The van der Waals surface area contributed by atoms with Gasteiger partial charge in [-0.1, -0.05) is 36.4 Å². The minimum atomic E-state index is -3.59. The van der Waals surface area contributed by atoms with E-state index in [4.69, 9.17) is 21.3 Å². The number of sulfonamides is 1. The maximum Gasteiger partial charge on any atom is 0.243 e. The number of benzene rings is 2. The van der Waals surface area contributed by atoms with Gasteiger partial charge in [0.05, 0.1) is 28.6 Å². The van der Waals surface area contributed by atoms with Crippen molar-refractivity contribution in [1.29, 1.82) is 0 Å². The summed E-state index contributed by atoms with van der Waals surface area (Å²) >= 11 is 7.32. The predicted octanol–water partition coefficient (Wildman–Crippen LogP) is 5.72. The molecule has 2 aliphatic rings. The number of fused-ring (bicyclic) bond motifs is 1. The largest absolute Gasteiger partial charge is 0.376 e. The van der Waals surface area contributed by atoms with Crippen LogP contribution in [0.5, 0.6) is 0 Å². The molecule has 0 N–H and O–H groups in total. The fourth-order valence-electron chi connectivity index (χ4n) is 4.82. The normalized spacial score (nSPS) is 21.7. The van der Waals surface area contributed by atoms with Crippen LogP contribution in [0.4, 0.5) is 4.39 Å². The number of ether oxygens (including phenoxy) is 1. The fraction of sp³-hybridized carbons (Fsp3) is 0.480. The Kier molecular flexibility index (Phi) is 7.42. The topological polar surface area (TPSA) is 64.4 Å². The number of aromatic nitrogens is 2. The third kappa shape index (κ3) is 5.39. The Balaban J connectivity index is 1.47. The van der Waals surface area contributed by atoms with Gasteiger partial charge in [-0.25, -0.2) is 17.8 Å². The lowest BCUT2D eigenvalue weighted by atomic mass is 10.0. The van der Waals surface area contributed by atoms with E-state index in [-0.39, 0.29) is 16.8 Å². The number of rotatable bonds is 7. The van der Waals surface area contributed by atoms with Crippen LogP contribution in [0, 0.1) is 11.7 Å². The third-order valence-electron chi connectivity index (χ3n) is 6.72. The van der Waals surface area contributed by atoms with Crippen LogP contribution in [0.1, 0.15) is 38.2 Å². The lowest BCUT2D eigenvalue weighted by molar-refractivity contribution is 0.0960. The first-order valence-corrected chi connectivity index (χ1v) is 14.8. The molecule has 6 nitrogen and oxygen atoms in total. The van der Waals surface area contributed by atoms with Gasteiger partial charge in [-0.2, -0.15) is 4.31 Å². The molecule has 2 fully saturated rings. The summed E-state index contributed by atoms with van der Waals surface area (Å²) in [7, 11) is -3.59. The van der Waals surface area contributed by atoms with Crippen LogP contribution in [0.3, 0.4) is 0 Å². The first kappa shape index (κ1) is 25.0. The van der Waals surface area contributed by atoms with E-state index in [0.717, 1.165) is 37.8 Å². The van der Waals surface area contributed by atoms with Crippen molar-refractivity contribution < 1.29 is 17.5 Å². The minimum Gasteiger partial charge on any atom is -0.376 e. The van der Waals surface area contributed by atoms with Crippen molar-refractivity contribution in [2.75, 3.05) is 19.7 Å². The van der Waals surface area contributed by atoms with Crippen LogP contribution in [0.15, 0.2) is 46.5 Å². The van der Waals surface area contributed by atoms with Crippen LogP contribution in [-0.2, 0) is 27.1 Å². The summed E-state index contributed by atoms with van der Waals surface area (Å²) in [6.07, 6.45) is 3.99. The van der Waals surface area contributed by atoms with E-state index in [0.29, 0.717) is 52.6 Å². The summed E-state index contributed by atoms with van der Waals surface area (Å²) < 4.78 is 50.5. The molecule has 3 heterocycles. The molecule has 0 radical (unpaired) electrons. The number of imidazole rings is 1. The Hall–Kier alpha value is -1.65. The molecule has 2 atom stereocenters. The summed E-state index contributed by atoms with van der Waals surface area (Å²) in [5.74, 6) is 0.384. The third-order valence-corrected chi connectivity index (χ3v) is 9.85. The van der Waals surface area contributed by atoms with Crippen LogP contribution >= 0.6 is 23.4 Å². The fourth-order valence-corrected chi connectivity index (χ4v) is 7.61. The zero-order chi connectivity index (χ0) is 24.6. The molecule has 35 heavy (non-hydrogen) atoms. The summed E-state index contributed by atoms with van der Waals surface area (Å²) in [6.45, 7) is 4.54. The van der Waals surface area contributed by atoms with Gasteiger partial charge in [0.2, 0.25) is 10.0 Å². The van der Waals surface area contributed by atoms with Gasteiger partial charge < -0.3 is 9.30 Å². The number of nitrogens with zero attached hydrogens (tertiary/aromatic N) is 3. The Morgan fingerprint density at radius 1 is 1.20 bits per heavy atom. The molecule has 188 valence electrons. The van der Waals surface area contributed by atoms with Gasteiger partial charge in [0.1, 0.15) is 5.82 Å². The lowest BCUT2D eigenvalue weighted by Gasteiger charge is -2.30. The van der Waals surface area contributed by atoms with Gasteiger partial charge in [0.15, 0.2) is 5.16 Å². The summed E-state index contributed by atoms with van der Waals surface area (Å²) in [4.78, 5) is 5.06. The van der Waals surface area contributed by atoms with Gasteiger partial charge in [0, 0.05) is 30.5 Å². The van der Waals surface area contributed by atoms with Crippen LogP contribution < -0.4 is 0 Å². The molecular formula is C25H29ClFN3O3S2. The van der Waals surface area contributed by atoms with Crippen LogP contribution in [0.25, 0.3) is 11.0 Å². The van der Waals surface area contributed by atoms with Crippen molar-refractivity contribution in [1.82, 2.24) is 13.9 Å². The average Bonchev–Trinajstić information content (AvgIpc) is 3.46. The number of thioether (sulfide) groups is 1. The van der Waals surface area contributed by atoms with Crippen molar-refractivity contribution >= 4 is 44.4 Å². The molecule has 0 bridgehead atoms. The zero-order valence-corrected chi connectivity index (χ0v) is 22.0. The van der Waals surface area contributed by atoms with Crippen molar-refractivity contribution in [2.45, 2.75) is 61.1 Å². The molecule has 10 heteroatoms. The Morgan fingerprint density at radius 2 is 2.06 bits per heavy atom. The molecule has 0 unspecified atom stereocenters. The van der Waals surface area contributed by atoms with E-state index < -0.39 is 10.0 Å². The summed E-state index contributed by atoms with van der Waals surface area (Å²) in [5.41, 5.74) is 2.01. The highest BCUT2D eigenvalue weighted by Gasteiger charge is 2.29. The first-order valence-electron chi connectivity index (χ1n) is 12.0. The second-order valence-corrected chi connectivity index (χ2v) is 12.7. The Morgan fingerprint density at radius 3 is 2.80 bits per heavy atom. The first-order chi connectivity index (χ1) is 16.8. The monoisotopic (exact) mass is 537 g/mol. The van der Waals surface area contributed by atoms with Crippen molar-refractivity contribution in [3.8, 4) is 0 Å². The highest BCUT2D eigenvalue weighted by atomic mass is 35.5. The quantitative estimate of drug-likeness (QED) is 0.361. The van der Waals surface area contributed by atoms with Gasteiger partial charge >= 0.3 is 0 Å². The molecule has 1 aromatic heterocycles. The predicted molar refractivity (Wildman–Crippen MR) is 137 cm³/mol. The standard InChI is InChI=1S/C25H29ClFN3O3S2/c1-17-4-2-10-29(14-17)35(31,32)21-8-9-24-23(13-21)28-25(30(24)15-20-5-3-11-33-20)34-16-18-6-7-19(26)12-22(18)27/h6-9,12-13,17,20H,2-5,10-11,14-16H2,1H3/t17-,20+/m1/s1. The highest BCUT2D eigenvalue weighted by molar-refractivity contribution is 7.98. The molecular weight excluding hydrogens is 509 g/mol. The number of piperidine rings is 1. The molecule has 2 aromatic carbocycles. The van der Waals surface area contributed by atoms with Crippen molar-refractivity contribution in [3.05, 3.63) is 52.8 Å². The maximum atomic E-state index is 14.4. The van der Waals surface area contributed by atoms with Gasteiger partial charge in [-0.05, 0) is 67.5 Å². The molecule has 0 aliphatic carbocycles. The van der Waals surface area contributed by atoms with E-state index in [1.165, 1.54) is 17.8 Å². The summed E-state index contributed by atoms with van der Waals surface area (Å²) in [5, 5.41) is 1.07. The second-order valence-electron chi connectivity index (χ2n) is 9.43. The smallest absolute Gasteiger partial charge is 0.243 e. The van der Waals surface area contributed by atoms with E-state index >= 15 is 0 Å². The van der Waals surface area contributed by atoms with E-state index in [1.54, 1.807) is 28.6 Å². The molecule has 2 aliphatic heterocycles. The molecule has 0 spiro atoms. The van der Waals surface area contributed by atoms with Crippen LogP contribution in [-0.4, -0.2) is 48.1 Å². The molecule has 3 aromatic rings. The van der Waals surface area contributed by atoms with Crippen LogP contribution in [0.2, 0.25) is 5.02 Å². The minimum absolute atomic E-state index is 0.0808. The number of halogens is 2. The lowest BCUT2D eigenvalue weighted by Crippen LogP contribution is -2.39. The SMILES string of the molecule is C[C@@H]1CCCN(S(=O)(=O)c2ccc3c(c2)nc(SCc2ccc(Cl)cc2F)n3C[C@@H]2CCCO2)C1. The molecule has 5 rings (SSSR count). The van der Waals surface area contributed by atoms with Gasteiger partial charge in [-0.15, -0.1) is 0 Å². The van der Waals surface area contributed by atoms with E-state index in [1.807, 2.05) is 6.07 Å². The molecule has 2 saturated heterocycles. The average molecular weight is 538 g/mol. The van der Waals surface area contributed by atoms with E-state index in [2.05, 4.69) is 11.5 Å². The highest BCUT2D eigenvalue weighted by Crippen LogP contribution is 2.32. The maximum absolute atomic E-state index is 14.4. The van der Waals surface area contributed by atoms with Gasteiger partial charge in [-0.3, -0.25) is 0 Å².